The highest BCUT2D eigenvalue weighted by Crippen LogP contribution is 2.16. The van der Waals surface area contributed by atoms with Crippen LogP contribution in [0.15, 0.2) is 0 Å². The highest BCUT2D eigenvalue weighted by atomic mass is 19.3. The number of hydrogen-bond donors (Lipinski definition) is 0. The summed E-state index contributed by atoms with van der Waals surface area (Å²) in [4.78, 5) is 33.7. The highest BCUT2D eigenvalue weighted by Gasteiger charge is 2.51. The topological polar surface area (TPSA) is 60.4 Å². The van der Waals surface area contributed by atoms with Gasteiger partial charge in [0.25, 0.3) is 0 Å². The first-order valence-electron chi connectivity index (χ1n) is 2.91. The van der Waals surface area contributed by atoms with Gasteiger partial charge >= 0.3 is 11.6 Å². The van der Waals surface area contributed by atoms with Gasteiger partial charge in [-0.1, -0.05) is 0 Å². The van der Waals surface area contributed by atoms with E-state index < -0.39 is 23.2 Å². The number of hydrogen-bond acceptors (Lipinski definition) is 4. The molecule has 12 heavy (non-hydrogen) atoms. The molecule has 0 N–H and O–H groups in total. The van der Waals surface area contributed by atoms with Crippen molar-refractivity contribution in [2.75, 3.05) is 0 Å². The molecule has 0 rings (SSSR count). The normalized spacial score (nSPS) is 10.7. The Kier molecular flexibility index (Phi) is 3.00. The lowest BCUT2D eigenvalue weighted by Crippen LogP contribution is -2.47. The lowest BCUT2D eigenvalue weighted by molar-refractivity contribution is -0.198. The molecule has 4 nitrogen and oxygen atoms in total. The quantitative estimate of drug-likeness (QED) is 0.586. The molecule has 0 unspecified atom stereocenters. The zero-order valence-corrected chi connectivity index (χ0v) is 6.39. The molecule has 0 bridgehead atoms. The van der Waals surface area contributed by atoms with Crippen LogP contribution in [0.5, 0.6) is 0 Å². The summed E-state index contributed by atoms with van der Waals surface area (Å²) in [6.07, 6.45) is 0. The Morgan fingerprint density at radius 3 is 1.58 bits per heavy atom. The van der Waals surface area contributed by atoms with Crippen LogP contribution in [0.1, 0.15) is 13.8 Å². The molecule has 0 saturated heterocycles. The van der Waals surface area contributed by atoms with Crippen LogP contribution in [0.4, 0.5) is 8.92 Å². The summed E-state index contributed by atoms with van der Waals surface area (Å²) in [5.74, 6) is -4.95. The van der Waals surface area contributed by atoms with Gasteiger partial charge in [0.15, 0.2) is 11.6 Å². The molecule has 0 aliphatic heterocycles. The number of alkyl halides is 1. The van der Waals surface area contributed by atoms with Crippen LogP contribution in [-0.2, 0) is 19.3 Å². The van der Waals surface area contributed by atoms with Gasteiger partial charge in [0, 0.05) is 4.53 Å². The third-order valence-corrected chi connectivity index (χ3v) is 1.32. The highest BCUT2D eigenvalue weighted by molar-refractivity contribution is 6.24. The molecule has 0 aromatic heterocycles. The van der Waals surface area contributed by atoms with Gasteiger partial charge in [-0.25, -0.2) is 9.18 Å². The average molecular weight is 180 g/mol. The molecule has 0 aromatic rings. The molecule has 0 spiro atoms. The Morgan fingerprint density at radius 2 is 1.50 bits per heavy atom. The van der Waals surface area contributed by atoms with Crippen LogP contribution >= 0.6 is 0 Å². The molecule has 68 valence electrons. The molecule has 6 heteroatoms. The van der Waals surface area contributed by atoms with Gasteiger partial charge in [-0.2, -0.15) is 0 Å². The van der Waals surface area contributed by atoms with E-state index in [1.807, 2.05) is 0 Å². The Hall–Kier alpha value is -1.33. The summed E-state index contributed by atoms with van der Waals surface area (Å²) < 4.78 is 24.2. The summed E-state index contributed by atoms with van der Waals surface area (Å²) in [6, 6.07) is 0. The average Bonchev–Trinajstić information content (AvgIpc) is 2.00. The van der Waals surface area contributed by atoms with Crippen LogP contribution in [-0.4, -0.2) is 23.2 Å². The monoisotopic (exact) mass is 180 g/mol. The minimum Gasteiger partial charge on any atom is -0.295 e. The van der Waals surface area contributed by atoms with E-state index in [0.29, 0.717) is 13.8 Å². The maximum Gasteiger partial charge on any atom is 0.401 e. The first-order valence-corrected chi connectivity index (χ1v) is 2.91. The van der Waals surface area contributed by atoms with Crippen molar-refractivity contribution >= 4 is 17.5 Å². The molecule has 0 atom stereocenters. The summed E-state index contributed by atoms with van der Waals surface area (Å²) in [5, 5.41) is 0. The van der Waals surface area contributed by atoms with Crippen LogP contribution < -0.4 is 0 Å². The van der Waals surface area contributed by atoms with Gasteiger partial charge in [0.1, 0.15) is 0 Å². The number of carbonyl (C=O) groups excluding carboxylic acids is 3. The Bertz CT molecular complexity index is 222. The van der Waals surface area contributed by atoms with Gasteiger partial charge in [-0.3, -0.25) is 14.5 Å². The van der Waals surface area contributed by atoms with E-state index >= 15 is 0 Å². The SMILES string of the molecule is CC(=O)C(F)(C(C)=O)C(=O)OF. The van der Waals surface area contributed by atoms with E-state index in [2.05, 4.69) is 4.94 Å². The Balaban J connectivity index is 5.01. The van der Waals surface area contributed by atoms with E-state index in [1.165, 1.54) is 0 Å². The first-order chi connectivity index (χ1) is 5.37. The molecule has 0 saturated carbocycles. The number of Topliss-reactive ketones (excluding diaryl/α,β-unsaturated/α-hetero) is 2. The second-order valence-electron chi connectivity index (χ2n) is 2.14. The number of rotatable bonds is 3. The van der Waals surface area contributed by atoms with Crippen molar-refractivity contribution in [1.82, 2.24) is 0 Å². The molecule has 0 amide bonds. The van der Waals surface area contributed by atoms with E-state index in [1.54, 1.807) is 0 Å². The predicted molar refractivity (Wildman–Crippen MR) is 32.4 cm³/mol. The van der Waals surface area contributed by atoms with Crippen LogP contribution in [0, 0.1) is 0 Å². The Morgan fingerprint density at radius 1 is 1.17 bits per heavy atom. The first kappa shape index (κ1) is 10.7. The molecule has 0 fully saturated rings. The van der Waals surface area contributed by atoms with Crippen LogP contribution in [0.25, 0.3) is 0 Å². The van der Waals surface area contributed by atoms with Gasteiger partial charge < -0.3 is 0 Å². The third kappa shape index (κ3) is 1.46. The summed E-state index contributed by atoms with van der Waals surface area (Å²) in [6.45, 7) is 1.30. The number of ketones is 2. The van der Waals surface area contributed by atoms with E-state index in [4.69, 9.17) is 0 Å². The van der Waals surface area contributed by atoms with Crippen molar-refractivity contribution in [3.8, 4) is 0 Å². The minimum absolute atomic E-state index is 0.651. The maximum absolute atomic E-state index is 13.0. The largest absolute Gasteiger partial charge is 0.401 e. The predicted octanol–water partition coefficient (Wildman–Crippen LogP) is 0.300. The van der Waals surface area contributed by atoms with Crippen LogP contribution in [0.3, 0.4) is 0 Å². The number of carbonyl (C=O) groups is 3. The summed E-state index contributed by atoms with van der Waals surface area (Å²) >= 11 is 0. The van der Waals surface area contributed by atoms with Crippen molar-refractivity contribution in [3.63, 3.8) is 0 Å². The van der Waals surface area contributed by atoms with E-state index in [9.17, 15) is 23.3 Å². The molecule has 0 radical (unpaired) electrons. The zero-order chi connectivity index (χ0) is 9.94. The smallest absolute Gasteiger partial charge is 0.295 e. The van der Waals surface area contributed by atoms with Crippen molar-refractivity contribution in [3.05, 3.63) is 0 Å². The molecule has 0 aliphatic carbocycles. The summed E-state index contributed by atoms with van der Waals surface area (Å²) in [5.41, 5.74) is -3.51. The standard InChI is InChI=1S/C6H6F2O4/c1-3(9)6(7,4(2)10)5(11)12-8/h1-2H3. The summed E-state index contributed by atoms with van der Waals surface area (Å²) in [7, 11) is 0. The van der Waals surface area contributed by atoms with Crippen molar-refractivity contribution in [2.45, 2.75) is 19.5 Å². The minimum atomic E-state index is -3.51. The molecule has 0 heterocycles. The van der Waals surface area contributed by atoms with Crippen molar-refractivity contribution in [2.24, 2.45) is 0 Å². The van der Waals surface area contributed by atoms with Gasteiger partial charge in [0.2, 0.25) is 0 Å². The van der Waals surface area contributed by atoms with Crippen LogP contribution in [0.2, 0.25) is 0 Å². The maximum atomic E-state index is 13.0. The van der Waals surface area contributed by atoms with Crippen molar-refractivity contribution in [1.29, 1.82) is 0 Å². The van der Waals surface area contributed by atoms with Gasteiger partial charge in [0.05, 0.1) is 0 Å². The molecular formula is C6H6F2O4. The fraction of sp³-hybridized carbons (Fsp3) is 0.500. The fourth-order valence-electron chi connectivity index (χ4n) is 0.589. The Labute approximate surface area is 66.4 Å². The third-order valence-electron chi connectivity index (χ3n) is 1.32. The molecule has 0 aliphatic rings. The zero-order valence-electron chi connectivity index (χ0n) is 6.39. The van der Waals surface area contributed by atoms with E-state index in [0.717, 1.165) is 0 Å². The second-order valence-corrected chi connectivity index (χ2v) is 2.14. The van der Waals surface area contributed by atoms with Crippen molar-refractivity contribution < 1.29 is 28.2 Å². The lowest BCUT2D eigenvalue weighted by Gasteiger charge is -2.12. The molecule has 0 aromatic carbocycles. The second kappa shape index (κ2) is 3.38. The lowest BCUT2D eigenvalue weighted by atomic mass is 9.97. The number of halogens is 2. The molecular weight excluding hydrogens is 174 g/mol. The van der Waals surface area contributed by atoms with Gasteiger partial charge in [-0.15, -0.1) is 0 Å². The van der Waals surface area contributed by atoms with Gasteiger partial charge in [-0.05, 0) is 13.8 Å². The fourth-order valence-corrected chi connectivity index (χ4v) is 0.589. The van der Waals surface area contributed by atoms with E-state index in [-0.39, 0.29) is 0 Å².